The van der Waals surface area contributed by atoms with Crippen LogP contribution in [-0.2, 0) is 4.79 Å². The third kappa shape index (κ3) is 3.81. The first-order valence-electron chi connectivity index (χ1n) is 6.82. The molecule has 1 aromatic rings. The molecule has 0 spiro atoms. The minimum Gasteiger partial charge on any atom is -0.349 e. The van der Waals surface area contributed by atoms with Crippen LogP contribution in [0.5, 0.6) is 0 Å². The molecular weight excluding hydrogens is 240 g/mol. The number of nitrogens with one attached hydrogen (secondary N) is 2. The van der Waals surface area contributed by atoms with E-state index >= 15 is 0 Å². The summed E-state index contributed by atoms with van der Waals surface area (Å²) in [6.07, 6.45) is 2.93. The molecule has 0 saturated heterocycles. The van der Waals surface area contributed by atoms with E-state index in [0.717, 1.165) is 19.3 Å². The lowest BCUT2D eigenvalue weighted by Gasteiger charge is -2.11. The molecule has 0 radical (unpaired) electrons. The molecular formula is C15H20N2O2. The predicted octanol–water partition coefficient (Wildman–Crippen LogP) is 2.56. The Morgan fingerprint density at radius 1 is 1.37 bits per heavy atom. The van der Waals surface area contributed by atoms with E-state index in [4.69, 9.17) is 0 Å². The highest BCUT2D eigenvalue weighted by Crippen LogP contribution is 2.20. The van der Waals surface area contributed by atoms with Crippen molar-refractivity contribution in [3.8, 4) is 0 Å². The first kappa shape index (κ1) is 13.6. The Balaban J connectivity index is 2.01. The van der Waals surface area contributed by atoms with Gasteiger partial charge in [0.25, 0.3) is 5.91 Å². The fourth-order valence-electron chi connectivity index (χ4n) is 1.69. The normalized spacial score (nSPS) is 15.7. The van der Waals surface area contributed by atoms with Crippen LogP contribution in [0.25, 0.3) is 0 Å². The van der Waals surface area contributed by atoms with Gasteiger partial charge in [0.05, 0.1) is 0 Å². The summed E-state index contributed by atoms with van der Waals surface area (Å²) in [6, 6.07) is 7.41. The summed E-state index contributed by atoms with van der Waals surface area (Å²) in [7, 11) is 0. The van der Waals surface area contributed by atoms with Gasteiger partial charge < -0.3 is 10.6 Å². The predicted molar refractivity (Wildman–Crippen MR) is 75.0 cm³/mol. The van der Waals surface area contributed by atoms with Crippen molar-refractivity contribution in [2.75, 3.05) is 5.32 Å². The van der Waals surface area contributed by atoms with Crippen LogP contribution in [0.2, 0.25) is 0 Å². The molecule has 1 unspecified atom stereocenters. The lowest BCUT2D eigenvalue weighted by molar-refractivity contribution is -0.119. The second-order valence-electron chi connectivity index (χ2n) is 5.13. The van der Waals surface area contributed by atoms with E-state index in [1.165, 1.54) is 0 Å². The molecule has 4 heteroatoms. The van der Waals surface area contributed by atoms with Gasteiger partial charge in [-0.2, -0.15) is 0 Å². The zero-order valence-corrected chi connectivity index (χ0v) is 11.4. The van der Waals surface area contributed by atoms with E-state index in [9.17, 15) is 9.59 Å². The summed E-state index contributed by atoms with van der Waals surface area (Å²) < 4.78 is 0. The second-order valence-corrected chi connectivity index (χ2v) is 5.13. The Hall–Kier alpha value is -1.84. The molecule has 1 atom stereocenters. The number of anilines is 1. The molecule has 1 aliphatic carbocycles. The number of carbonyl (C=O) groups excluding carboxylic acids is 2. The van der Waals surface area contributed by atoms with Crippen molar-refractivity contribution in [1.82, 2.24) is 5.32 Å². The van der Waals surface area contributed by atoms with Crippen LogP contribution in [0, 0.1) is 5.92 Å². The van der Waals surface area contributed by atoms with Crippen LogP contribution in [0.4, 0.5) is 5.69 Å². The van der Waals surface area contributed by atoms with Crippen LogP contribution in [0.1, 0.15) is 43.5 Å². The van der Waals surface area contributed by atoms with Crippen LogP contribution < -0.4 is 10.6 Å². The van der Waals surface area contributed by atoms with Gasteiger partial charge in [0.1, 0.15) is 0 Å². The van der Waals surface area contributed by atoms with Crippen LogP contribution in [-0.4, -0.2) is 17.9 Å². The Kier molecular flexibility index (Phi) is 4.20. The third-order valence-electron chi connectivity index (χ3n) is 3.36. The molecule has 0 aromatic heterocycles. The zero-order chi connectivity index (χ0) is 13.8. The molecule has 1 aromatic carbocycles. The van der Waals surface area contributed by atoms with Gasteiger partial charge in [-0.15, -0.1) is 0 Å². The SMILES string of the molecule is CCC(C)C(=O)Nc1cccc(C(=O)NC2CC2)c1. The number of amides is 2. The summed E-state index contributed by atoms with van der Waals surface area (Å²) in [5.74, 6) is -0.103. The number of hydrogen-bond donors (Lipinski definition) is 2. The third-order valence-corrected chi connectivity index (χ3v) is 3.36. The molecule has 1 fully saturated rings. The van der Waals surface area contributed by atoms with Crippen molar-refractivity contribution in [1.29, 1.82) is 0 Å². The molecule has 1 saturated carbocycles. The van der Waals surface area contributed by atoms with Gasteiger partial charge in [-0.05, 0) is 37.5 Å². The first-order chi connectivity index (χ1) is 9.10. The number of benzene rings is 1. The topological polar surface area (TPSA) is 58.2 Å². The minimum atomic E-state index is -0.0675. The van der Waals surface area contributed by atoms with Crippen molar-refractivity contribution in [2.24, 2.45) is 5.92 Å². The summed E-state index contributed by atoms with van der Waals surface area (Å²) in [4.78, 5) is 23.7. The highest BCUT2D eigenvalue weighted by Gasteiger charge is 2.23. The zero-order valence-electron chi connectivity index (χ0n) is 11.4. The van der Waals surface area contributed by atoms with E-state index in [0.29, 0.717) is 17.3 Å². The van der Waals surface area contributed by atoms with Crippen molar-refractivity contribution >= 4 is 17.5 Å². The lowest BCUT2D eigenvalue weighted by atomic mass is 10.1. The van der Waals surface area contributed by atoms with Gasteiger partial charge in [-0.3, -0.25) is 9.59 Å². The molecule has 2 amide bonds. The molecule has 0 aliphatic heterocycles. The first-order valence-corrected chi connectivity index (χ1v) is 6.82. The van der Waals surface area contributed by atoms with Crippen molar-refractivity contribution in [3.05, 3.63) is 29.8 Å². The Labute approximate surface area is 113 Å². The number of rotatable bonds is 5. The quantitative estimate of drug-likeness (QED) is 0.854. The monoisotopic (exact) mass is 260 g/mol. The lowest BCUT2D eigenvalue weighted by Crippen LogP contribution is -2.25. The molecule has 0 bridgehead atoms. The summed E-state index contributed by atoms with van der Waals surface area (Å²) in [6.45, 7) is 3.86. The Morgan fingerprint density at radius 2 is 2.11 bits per heavy atom. The average molecular weight is 260 g/mol. The van der Waals surface area contributed by atoms with E-state index in [-0.39, 0.29) is 17.7 Å². The Bertz CT molecular complexity index is 481. The molecule has 2 rings (SSSR count). The standard InChI is InChI=1S/C15H20N2O2/c1-3-10(2)14(18)17-13-6-4-5-11(9-13)15(19)16-12-7-8-12/h4-6,9-10,12H,3,7-8H2,1-2H3,(H,16,19)(H,17,18). The van der Waals surface area contributed by atoms with Crippen LogP contribution in [0.3, 0.4) is 0 Å². The molecule has 1 aliphatic rings. The molecule has 2 N–H and O–H groups in total. The summed E-state index contributed by atoms with van der Waals surface area (Å²) in [5, 5.41) is 5.77. The molecule has 0 heterocycles. The molecule has 102 valence electrons. The maximum atomic E-state index is 11.9. The fourth-order valence-corrected chi connectivity index (χ4v) is 1.69. The maximum absolute atomic E-state index is 11.9. The van der Waals surface area contributed by atoms with Gasteiger partial charge in [0.15, 0.2) is 0 Å². The van der Waals surface area contributed by atoms with Crippen LogP contribution >= 0.6 is 0 Å². The minimum absolute atomic E-state index is 0.0118. The van der Waals surface area contributed by atoms with Gasteiger partial charge in [0.2, 0.25) is 5.91 Å². The van der Waals surface area contributed by atoms with E-state index in [2.05, 4.69) is 10.6 Å². The van der Waals surface area contributed by atoms with Crippen molar-refractivity contribution in [2.45, 2.75) is 39.2 Å². The van der Waals surface area contributed by atoms with E-state index < -0.39 is 0 Å². The summed E-state index contributed by atoms with van der Waals surface area (Å²) >= 11 is 0. The molecule has 19 heavy (non-hydrogen) atoms. The van der Waals surface area contributed by atoms with E-state index in [1.807, 2.05) is 13.8 Å². The average Bonchev–Trinajstić information content (AvgIpc) is 3.22. The largest absolute Gasteiger partial charge is 0.349 e. The van der Waals surface area contributed by atoms with Crippen LogP contribution in [0.15, 0.2) is 24.3 Å². The highest BCUT2D eigenvalue weighted by molar-refractivity contribution is 5.97. The maximum Gasteiger partial charge on any atom is 0.251 e. The van der Waals surface area contributed by atoms with Gasteiger partial charge in [-0.1, -0.05) is 19.9 Å². The van der Waals surface area contributed by atoms with Crippen molar-refractivity contribution in [3.63, 3.8) is 0 Å². The van der Waals surface area contributed by atoms with Gasteiger partial charge >= 0.3 is 0 Å². The number of carbonyl (C=O) groups is 2. The highest BCUT2D eigenvalue weighted by atomic mass is 16.2. The second kappa shape index (κ2) is 5.87. The van der Waals surface area contributed by atoms with Gasteiger partial charge in [-0.25, -0.2) is 0 Å². The van der Waals surface area contributed by atoms with Gasteiger partial charge in [0, 0.05) is 23.2 Å². The molecule has 4 nitrogen and oxygen atoms in total. The Morgan fingerprint density at radius 3 is 2.74 bits per heavy atom. The van der Waals surface area contributed by atoms with Crippen molar-refractivity contribution < 1.29 is 9.59 Å². The summed E-state index contributed by atoms with van der Waals surface area (Å²) in [5.41, 5.74) is 1.27. The smallest absolute Gasteiger partial charge is 0.251 e. The fraction of sp³-hybridized carbons (Fsp3) is 0.467. The van der Waals surface area contributed by atoms with E-state index in [1.54, 1.807) is 24.3 Å². The number of hydrogen-bond acceptors (Lipinski definition) is 2.